The van der Waals surface area contributed by atoms with Gasteiger partial charge >= 0.3 is 18.0 Å². The number of carbonyl (C=O) groups is 3. The van der Waals surface area contributed by atoms with Crippen LogP contribution in [0.15, 0.2) is 47.6 Å². The number of allylic oxidation sites excluding steroid dienone is 4. The Balaban J connectivity index is 0.000000322. The molecule has 1 spiro atoms. The van der Waals surface area contributed by atoms with Crippen LogP contribution in [0.5, 0.6) is 0 Å². The maximum atomic E-state index is 11.2. The lowest BCUT2D eigenvalue weighted by molar-refractivity contribution is -0.162. The summed E-state index contributed by atoms with van der Waals surface area (Å²) in [5.74, 6) is -2.37. The smallest absolute Gasteiger partial charge is 0.407 e. The fourth-order valence-corrected chi connectivity index (χ4v) is 3.71. The molecule has 0 aromatic rings. The van der Waals surface area contributed by atoms with Crippen LogP contribution in [0.1, 0.15) is 52.9 Å². The van der Waals surface area contributed by atoms with Crippen molar-refractivity contribution in [2.75, 3.05) is 19.8 Å². The zero-order valence-corrected chi connectivity index (χ0v) is 18.2. The standard InChI is InChI=1S/C12H17NO4.C11H14O4.CH4/c1-2-17-12(16)13-10-5-3-4-9(8-10)6-7-11(14)15;12-10(13)4-3-9-2-1-5-11(8-9)14-6-7-15-11;/h4,6-7,10H,2-3,5,8H2,1H3,(H,13,16)(H,14,15);2-4H,1,5-8H2,(H,12,13);1H4/b7-6+;4-3+;/t10-;;/m1../s1. The van der Waals surface area contributed by atoms with Gasteiger partial charge in [0.2, 0.25) is 0 Å². The largest absolute Gasteiger partial charge is 0.478 e. The number of ether oxygens (including phenoxy) is 3. The molecule has 3 N–H and O–H groups in total. The Hall–Kier alpha value is -2.91. The minimum absolute atomic E-state index is 0. The summed E-state index contributed by atoms with van der Waals surface area (Å²) in [6, 6.07) is 0.0208. The van der Waals surface area contributed by atoms with Crippen molar-refractivity contribution in [2.24, 2.45) is 0 Å². The number of nitrogens with one attached hydrogen (secondary N) is 1. The van der Waals surface area contributed by atoms with Crippen LogP contribution in [-0.2, 0) is 23.8 Å². The van der Waals surface area contributed by atoms with Crippen molar-refractivity contribution >= 4 is 18.0 Å². The minimum Gasteiger partial charge on any atom is -0.478 e. The van der Waals surface area contributed by atoms with Crippen molar-refractivity contribution in [1.29, 1.82) is 0 Å². The Morgan fingerprint density at radius 2 is 1.70 bits per heavy atom. The van der Waals surface area contributed by atoms with E-state index in [4.69, 9.17) is 24.4 Å². The first-order chi connectivity index (χ1) is 15.3. The van der Waals surface area contributed by atoms with Crippen molar-refractivity contribution in [1.82, 2.24) is 5.32 Å². The summed E-state index contributed by atoms with van der Waals surface area (Å²) >= 11 is 0. The number of hydrogen-bond donors (Lipinski definition) is 3. The molecular weight excluding hydrogens is 430 g/mol. The van der Waals surface area contributed by atoms with Crippen LogP contribution >= 0.6 is 0 Å². The van der Waals surface area contributed by atoms with E-state index in [-0.39, 0.29) is 13.5 Å². The van der Waals surface area contributed by atoms with Gasteiger partial charge in [-0.05, 0) is 43.8 Å². The zero-order chi connectivity index (χ0) is 23.4. The molecule has 1 heterocycles. The lowest BCUT2D eigenvalue weighted by Crippen LogP contribution is -2.36. The quantitative estimate of drug-likeness (QED) is 0.502. The van der Waals surface area contributed by atoms with Gasteiger partial charge < -0.3 is 29.7 Å². The number of hydrogen-bond acceptors (Lipinski definition) is 6. The van der Waals surface area contributed by atoms with E-state index in [1.165, 1.54) is 0 Å². The van der Waals surface area contributed by atoms with E-state index in [1.54, 1.807) is 19.1 Å². The van der Waals surface area contributed by atoms with E-state index in [2.05, 4.69) is 5.32 Å². The molecule has 1 amide bonds. The van der Waals surface area contributed by atoms with Gasteiger partial charge in [-0.1, -0.05) is 31.7 Å². The second kappa shape index (κ2) is 14.3. The van der Waals surface area contributed by atoms with E-state index in [9.17, 15) is 14.4 Å². The van der Waals surface area contributed by atoms with Crippen molar-refractivity contribution in [3.05, 3.63) is 47.6 Å². The van der Waals surface area contributed by atoms with Crippen LogP contribution in [0.4, 0.5) is 4.79 Å². The molecule has 0 unspecified atom stereocenters. The van der Waals surface area contributed by atoms with Crippen LogP contribution in [0.2, 0.25) is 0 Å². The molecule has 184 valence electrons. The summed E-state index contributed by atoms with van der Waals surface area (Å²) in [6.45, 7) is 3.37. The Morgan fingerprint density at radius 3 is 2.30 bits per heavy atom. The molecule has 0 bridgehead atoms. The fraction of sp³-hybridized carbons (Fsp3) is 0.542. The summed E-state index contributed by atoms with van der Waals surface area (Å²) in [6.07, 6.45) is 13.8. The Kier molecular flexibility index (Phi) is 12.2. The monoisotopic (exact) mass is 465 g/mol. The molecule has 1 fully saturated rings. The summed E-state index contributed by atoms with van der Waals surface area (Å²) in [7, 11) is 0. The van der Waals surface area contributed by atoms with E-state index in [0.717, 1.165) is 49.0 Å². The highest BCUT2D eigenvalue weighted by atomic mass is 16.7. The fourth-order valence-electron chi connectivity index (χ4n) is 3.71. The summed E-state index contributed by atoms with van der Waals surface area (Å²) in [4.78, 5) is 32.0. The molecule has 2 aliphatic carbocycles. The Bertz CT molecular complexity index is 790. The molecule has 0 radical (unpaired) electrons. The highest BCUT2D eigenvalue weighted by molar-refractivity contribution is 5.80. The average molecular weight is 466 g/mol. The van der Waals surface area contributed by atoms with Crippen molar-refractivity contribution in [3.8, 4) is 0 Å². The van der Waals surface area contributed by atoms with E-state index >= 15 is 0 Å². The van der Waals surface area contributed by atoms with Crippen LogP contribution in [-0.4, -0.2) is 59.9 Å². The van der Waals surface area contributed by atoms with Crippen molar-refractivity contribution in [3.63, 3.8) is 0 Å². The average Bonchev–Trinajstić information content (AvgIpc) is 3.19. The lowest BCUT2D eigenvalue weighted by atomic mass is 9.93. The van der Waals surface area contributed by atoms with Gasteiger partial charge in [0.25, 0.3) is 0 Å². The number of aliphatic carboxylic acids is 2. The van der Waals surface area contributed by atoms with Gasteiger partial charge in [0, 0.05) is 31.0 Å². The molecule has 1 saturated heterocycles. The van der Waals surface area contributed by atoms with Gasteiger partial charge in [-0.3, -0.25) is 0 Å². The van der Waals surface area contributed by atoms with E-state index < -0.39 is 23.8 Å². The molecule has 0 aromatic carbocycles. The lowest BCUT2D eigenvalue weighted by Gasteiger charge is -2.30. The molecule has 0 saturated carbocycles. The molecule has 1 aliphatic heterocycles. The van der Waals surface area contributed by atoms with Gasteiger partial charge in [-0.25, -0.2) is 14.4 Å². The highest BCUT2D eigenvalue weighted by Crippen LogP contribution is 2.36. The molecule has 9 nitrogen and oxygen atoms in total. The van der Waals surface area contributed by atoms with Crippen LogP contribution in [0.25, 0.3) is 0 Å². The third-order valence-electron chi connectivity index (χ3n) is 5.10. The predicted octanol–water partition coefficient (Wildman–Crippen LogP) is 3.97. The normalized spacial score (nSPS) is 21.4. The highest BCUT2D eigenvalue weighted by Gasteiger charge is 2.38. The number of amides is 1. The number of carboxylic acid groups (broad SMARTS) is 2. The molecule has 9 heteroatoms. The van der Waals surface area contributed by atoms with E-state index in [1.807, 2.05) is 12.2 Å². The molecule has 3 rings (SSSR count). The van der Waals surface area contributed by atoms with Gasteiger partial charge in [0.05, 0.1) is 19.8 Å². The van der Waals surface area contributed by atoms with Crippen LogP contribution in [0, 0.1) is 0 Å². The second-order valence-corrected chi connectivity index (χ2v) is 7.57. The second-order valence-electron chi connectivity index (χ2n) is 7.57. The number of carbonyl (C=O) groups excluding carboxylic acids is 1. The molecular formula is C24H35NO8. The summed E-state index contributed by atoms with van der Waals surface area (Å²) < 4.78 is 15.9. The third kappa shape index (κ3) is 10.5. The van der Waals surface area contributed by atoms with Crippen LogP contribution < -0.4 is 5.32 Å². The number of carboxylic acids is 2. The topological polar surface area (TPSA) is 131 Å². The minimum atomic E-state index is -0.966. The maximum Gasteiger partial charge on any atom is 0.407 e. The van der Waals surface area contributed by atoms with Crippen molar-refractivity contribution < 1.29 is 38.8 Å². The number of rotatable bonds is 6. The maximum absolute atomic E-state index is 11.2. The first kappa shape index (κ1) is 28.1. The Morgan fingerprint density at radius 1 is 1.09 bits per heavy atom. The molecule has 1 atom stereocenters. The van der Waals surface area contributed by atoms with Gasteiger partial charge in [-0.15, -0.1) is 0 Å². The van der Waals surface area contributed by atoms with Gasteiger partial charge in [0.1, 0.15) is 0 Å². The van der Waals surface area contributed by atoms with E-state index in [0.29, 0.717) is 32.7 Å². The first-order valence-electron chi connectivity index (χ1n) is 10.7. The van der Waals surface area contributed by atoms with Crippen LogP contribution in [0.3, 0.4) is 0 Å². The SMILES string of the molecule is C.CCOC(=O)N[C@@H]1CCC=C(/C=C/C(=O)O)C1.O=C(O)/C=C/C1=CCCC2(C1)OCCO2. The number of alkyl carbamates (subject to hydrolysis) is 1. The molecule has 0 aromatic heterocycles. The predicted molar refractivity (Wildman–Crippen MR) is 123 cm³/mol. The van der Waals surface area contributed by atoms with Crippen molar-refractivity contribution in [2.45, 2.75) is 64.7 Å². The first-order valence-corrected chi connectivity index (χ1v) is 10.7. The van der Waals surface area contributed by atoms with Gasteiger partial charge in [-0.2, -0.15) is 0 Å². The molecule has 33 heavy (non-hydrogen) atoms. The van der Waals surface area contributed by atoms with Gasteiger partial charge in [0.15, 0.2) is 5.79 Å². The summed E-state index contributed by atoms with van der Waals surface area (Å²) in [5.41, 5.74) is 1.91. The Labute approximate surface area is 194 Å². The third-order valence-corrected chi connectivity index (χ3v) is 5.10. The summed E-state index contributed by atoms with van der Waals surface area (Å²) in [5, 5.41) is 19.8. The zero-order valence-electron chi connectivity index (χ0n) is 18.2. The molecule has 3 aliphatic rings.